The van der Waals surface area contributed by atoms with E-state index in [0.29, 0.717) is 6.10 Å². The molecule has 0 bridgehead atoms. The molecule has 3 heteroatoms. The molecule has 0 aliphatic carbocycles. The highest BCUT2D eigenvalue weighted by Gasteiger charge is 2.13. The van der Waals surface area contributed by atoms with Crippen molar-refractivity contribution < 1.29 is 8.95 Å². The summed E-state index contributed by atoms with van der Waals surface area (Å²) >= 11 is 2.83. The van der Waals surface area contributed by atoms with E-state index in [1.807, 2.05) is 0 Å². The molecule has 36 valence electrons. The van der Waals surface area contributed by atoms with Crippen LogP contribution in [0, 0.1) is 0 Å². The molecule has 1 heterocycles. The second kappa shape index (κ2) is 3.18. The van der Waals surface area contributed by atoms with Crippen LogP contribution in [0.3, 0.4) is 0 Å². The highest BCUT2D eigenvalue weighted by atomic mass is 32.1. The average molecular weight is 106 g/mol. The van der Waals surface area contributed by atoms with Crippen molar-refractivity contribution in [2.75, 3.05) is 6.61 Å². The van der Waals surface area contributed by atoms with Crippen molar-refractivity contribution in [3.05, 3.63) is 0 Å². The monoisotopic (exact) mass is 106 g/mol. The van der Waals surface area contributed by atoms with Gasteiger partial charge in [-0.05, 0) is 6.92 Å². The molecule has 1 unspecified atom stereocenters. The van der Waals surface area contributed by atoms with Crippen LogP contribution in [0.1, 0.15) is 6.92 Å². The summed E-state index contributed by atoms with van der Waals surface area (Å²) in [4.78, 5) is 0. The van der Waals surface area contributed by atoms with Gasteiger partial charge < -0.3 is 4.74 Å². The van der Waals surface area contributed by atoms with E-state index in [4.69, 9.17) is 8.95 Å². The molecule has 0 amide bonds. The standard InChI is InChI=1S/C3H6O.OS/c1-3-2-4-3;1-2/h3H,2H2,1H3;. The van der Waals surface area contributed by atoms with E-state index in [1.165, 1.54) is 0 Å². The van der Waals surface area contributed by atoms with Gasteiger partial charge in [0.1, 0.15) is 0 Å². The molecular formula is C3H6O2S. The van der Waals surface area contributed by atoms with Gasteiger partial charge in [0.2, 0.25) is 0 Å². The van der Waals surface area contributed by atoms with Gasteiger partial charge in [-0.15, -0.1) is 0 Å². The molecule has 0 radical (unpaired) electrons. The predicted octanol–water partition coefficient (Wildman–Crippen LogP) is 0.0688. The Kier molecular flexibility index (Phi) is 3.17. The topological polar surface area (TPSA) is 29.6 Å². The minimum atomic E-state index is 0.583. The zero-order chi connectivity index (χ0) is 4.99. The third-order valence-corrected chi connectivity index (χ3v) is 0.500. The van der Waals surface area contributed by atoms with E-state index in [-0.39, 0.29) is 0 Å². The summed E-state index contributed by atoms with van der Waals surface area (Å²) in [5, 5.41) is 0. The van der Waals surface area contributed by atoms with Gasteiger partial charge in [0.15, 0.2) is 12.5 Å². The highest BCUT2D eigenvalue weighted by Crippen LogP contribution is 2.04. The first-order valence-corrected chi connectivity index (χ1v) is 2.01. The molecule has 2 nitrogen and oxygen atoms in total. The molecule has 0 aromatic rings. The van der Waals surface area contributed by atoms with Crippen molar-refractivity contribution >= 4 is 12.5 Å². The molecular weight excluding hydrogens is 100 g/mol. The van der Waals surface area contributed by atoms with Crippen LogP contribution in [0.2, 0.25) is 0 Å². The second-order valence-electron chi connectivity index (χ2n) is 1.14. The second-order valence-corrected chi connectivity index (χ2v) is 1.14. The Morgan fingerprint density at radius 3 is 2.00 bits per heavy atom. The third kappa shape index (κ3) is 3.98. The summed E-state index contributed by atoms with van der Waals surface area (Å²) in [5.74, 6) is 0. The zero-order valence-electron chi connectivity index (χ0n) is 3.51. The highest BCUT2D eigenvalue weighted by molar-refractivity contribution is 7.44. The molecule has 1 rings (SSSR count). The van der Waals surface area contributed by atoms with Crippen LogP contribution in [0.15, 0.2) is 0 Å². The van der Waals surface area contributed by atoms with E-state index < -0.39 is 0 Å². The van der Waals surface area contributed by atoms with Gasteiger partial charge in [-0.2, -0.15) is 4.21 Å². The van der Waals surface area contributed by atoms with E-state index in [0.717, 1.165) is 6.61 Å². The van der Waals surface area contributed by atoms with Gasteiger partial charge in [-0.1, -0.05) is 0 Å². The number of epoxide rings is 1. The summed E-state index contributed by atoms with van der Waals surface area (Å²) in [6.07, 6.45) is 0.583. The Morgan fingerprint density at radius 2 is 2.00 bits per heavy atom. The summed E-state index contributed by atoms with van der Waals surface area (Å²) in [7, 11) is 0. The first kappa shape index (κ1) is 5.98. The van der Waals surface area contributed by atoms with Gasteiger partial charge in [0.05, 0.1) is 12.7 Å². The fraction of sp³-hybridized carbons (Fsp3) is 1.00. The molecule has 1 fully saturated rings. The lowest BCUT2D eigenvalue weighted by molar-refractivity contribution is 0.423. The first-order chi connectivity index (χ1) is 2.89. The van der Waals surface area contributed by atoms with Gasteiger partial charge in [-0.3, -0.25) is 0 Å². The minimum absolute atomic E-state index is 0.583. The Labute approximate surface area is 42.0 Å². The van der Waals surface area contributed by atoms with Crippen LogP contribution in [0.5, 0.6) is 0 Å². The Balaban J connectivity index is 0.000000112. The van der Waals surface area contributed by atoms with E-state index in [9.17, 15) is 0 Å². The molecule has 1 aliphatic rings. The van der Waals surface area contributed by atoms with Gasteiger partial charge >= 0.3 is 0 Å². The largest absolute Gasteiger partial charge is 0.373 e. The van der Waals surface area contributed by atoms with Crippen molar-refractivity contribution in [3.63, 3.8) is 0 Å². The Morgan fingerprint density at radius 1 is 1.83 bits per heavy atom. The van der Waals surface area contributed by atoms with Crippen molar-refractivity contribution in [1.29, 1.82) is 0 Å². The average Bonchev–Trinajstić information content (AvgIpc) is 2.30. The lowest BCUT2D eigenvalue weighted by Gasteiger charge is -1.50. The van der Waals surface area contributed by atoms with Crippen molar-refractivity contribution in [3.8, 4) is 0 Å². The van der Waals surface area contributed by atoms with Crippen LogP contribution in [0.25, 0.3) is 0 Å². The number of ether oxygens (including phenoxy) is 1. The lowest BCUT2D eigenvalue weighted by Crippen LogP contribution is -1.60. The molecule has 0 N–H and O–H groups in total. The van der Waals surface area contributed by atoms with Crippen LogP contribution in [-0.2, 0) is 17.3 Å². The maximum Gasteiger partial charge on any atom is 0.197 e. The fourth-order valence-electron chi connectivity index (χ4n) is 0.0962. The zero-order valence-corrected chi connectivity index (χ0v) is 4.33. The third-order valence-electron chi connectivity index (χ3n) is 0.500. The molecule has 0 aromatic heterocycles. The quantitative estimate of drug-likeness (QED) is 0.409. The molecule has 1 aliphatic heterocycles. The SMILES string of the molecule is CC1CO1.O=S. The van der Waals surface area contributed by atoms with Crippen LogP contribution >= 0.6 is 0 Å². The summed E-state index contributed by atoms with van der Waals surface area (Å²) < 4.78 is 12.5. The summed E-state index contributed by atoms with van der Waals surface area (Å²) in [5.41, 5.74) is 0. The van der Waals surface area contributed by atoms with E-state index in [2.05, 4.69) is 19.5 Å². The van der Waals surface area contributed by atoms with Gasteiger partial charge in [0, 0.05) is 0 Å². The first-order valence-electron chi connectivity index (χ1n) is 1.68. The molecule has 0 spiro atoms. The Hall–Kier alpha value is -0.0200. The fourth-order valence-corrected chi connectivity index (χ4v) is 0.0962. The normalized spacial score (nSPS) is 27.2. The maximum absolute atomic E-state index is 7.83. The smallest absolute Gasteiger partial charge is 0.197 e. The van der Waals surface area contributed by atoms with Crippen molar-refractivity contribution in [2.24, 2.45) is 0 Å². The van der Waals surface area contributed by atoms with Crippen molar-refractivity contribution in [2.45, 2.75) is 13.0 Å². The van der Waals surface area contributed by atoms with Crippen LogP contribution < -0.4 is 0 Å². The van der Waals surface area contributed by atoms with Gasteiger partial charge in [0.25, 0.3) is 0 Å². The number of hydrogen-bond acceptors (Lipinski definition) is 3. The summed E-state index contributed by atoms with van der Waals surface area (Å²) in [6, 6.07) is 0. The van der Waals surface area contributed by atoms with Gasteiger partial charge in [-0.25, -0.2) is 0 Å². The van der Waals surface area contributed by atoms with E-state index >= 15 is 0 Å². The Bertz CT molecular complexity index is 35.8. The predicted molar refractivity (Wildman–Crippen MR) is 23.6 cm³/mol. The molecule has 6 heavy (non-hydrogen) atoms. The maximum atomic E-state index is 7.83. The van der Waals surface area contributed by atoms with Crippen LogP contribution in [-0.4, -0.2) is 16.9 Å². The molecule has 1 saturated heterocycles. The number of hydrogen-bond donors (Lipinski definition) is 0. The molecule has 0 aromatic carbocycles. The minimum Gasteiger partial charge on any atom is -0.373 e. The van der Waals surface area contributed by atoms with Crippen molar-refractivity contribution in [1.82, 2.24) is 0 Å². The lowest BCUT2D eigenvalue weighted by atomic mass is 10.6. The summed E-state index contributed by atoms with van der Waals surface area (Å²) in [6.45, 7) is 3.04. The number of rotatable bonds is 0. The molecule has 0 saturated carbocycles. The van der Waals surface area contributed by atoms with E-state index in [1.54, 1.807) is 0 Å². The molecule has 1 atom stereocenters. The van der Waals surface area contributed by atoms with Crippen LogP contribution in [0.4, 0.5) is 0 Å².